The van der Waals surface area contributed by atoms with Gasteiger partial charge in [-0.1, -0.05) is 158 Å². The summed E-state index contributed by atoms with van der Waals surface area (Å²) >= 11 is 0. The van der Waals surface area contributed by atoms with Gasteiger partial charge in [-0.3, -0.25) is 4.98 Å². The molecule has 4 heteroatoms. The topological polar surface area (TPSA) is 51.6 Å². The molecule has 0 atom stereocenters. The lowest BCUT2D eigenvalue weighted by Gasteiger charge is -2.11. The molecule has 0 bridgehead atoms. The van der Waals surface area contributed by atoms with Gasteiger partial charge in [-0.15, -0.1) is 0 Å². The zero-order valence-electron chi connectivity index (χ0n) is 27.1. The van der Waals surface area contributed by atoms with Gasteiger partial charge >= 0.3 is 0 Å². The van der Waals surface area contributed by atoms with E-state index in [4.69, 9.17) is 15.0 Å². The standard InChI is InChI=1S/C46H30N4/c1-3-7-31(8-4-1)33-11-18-37(19-12-33)44-48-45(38-20-13-34(14-21-38)32-9-5-2-6-10-32)50-46(49-44)39-22-15-35(16-23-39)40-25-26-42-41(29-40)24-17-36-27-28-47-30-43(36)42/h1-30H. The quantitative estimate of drug-likeness (QED) is 0.170. The van der Waals surface area contributed by atoms with E-state index in [-0.39, 0.29) is 0 Å². The largest absolute Gasteiger partial charge is 0.264 e. The van der Waals surface area contributed by atoms with Crippen LogP contribution in [0.15, 0.2) is 182 Å². The molecule has 0 N–H and O–H groups in total. The summed E-state index contributed by atoms with van der Waals surface area (Å²) in [6.45, 7) is 0. The Morgan fingerprint density at radius 1 is 0.280 bits per heavy atom. The smallest absolute Gasteiger partial charge is 0.164 e. The van der Waals surface area contributed by atoms with Crippen LogP contribution in [0.25, 0.3) is 89.1 Å². The van der Waals surface area contributed by atoms with E-state index in [1.165, 1.54) is 27.3 Å². The summed E-state index contributed by atoms with van der Waals surface area (Å²) in [6.07, 6.45) is 3.78. The van der Waals surface area contributed by atoms with Crippen LogP contribution in [0.4, 0.5) is 0 Å². The maximum Gasteiger partial charge on any atom is 0.164 e. The Morgan fingerprint density at radius 2 is 0.680 bits per heavy atom. The normalized spacial score (nSPS) is 11.2. The predicted octanol–water partition coefficient (Wildman–Crippen LogP) is 11.6. The first-order valence-corrected chi connectivity index (χ1v) is 16.7. The fourth-order valence-corrected chi connectivity index (χ4v) is 6.54. The summed E-state index contributed by atoms with van der Waals surface area (Å²) in [4.78, 5) is 19.4. The number of hydrogen-bond acceptors (Lipinski definition) is 4. The van der Waals surface area contributed by atoms with Gasteiger partial charge in [0.05, 0.1) is 0 Å². The highest BCUT2D eigenvalue weighted by Crippen LogP contribution is 2.32. The molecule has 234 valence electrons. The van der Waals surface area contributed by atoms with E-state index in [9.17, 15) is 0 Å². The number of benzene rings is 7. The minimum absolute atomic E-state index is 0.633. The van der Waals surface area contributed by atoms with Crippen molar-refractivity contribution in [2.24, 2.45) is 0 Å². The van der Waals surface area contributed by atoms with E-state index >= 15 is 0 Å². The summed E-state index contributed by atoms with van der Waals surface area (Å²) in [5.41, 5.74) is 9.72. The Kier molecular flexibility index (Phi) is 7.45. The van der Waals surface area contributed by atoms with Gasteiger partial charge in [0, 0.05) is 34.5 Å². The van der Waals surface area contributed by atoms with Gasteiger partial charge in [-0.05, 0) is 61.7 Å². The molecule has 0 aliphatic rings. The van der Waals surface area contributed by atoms with E-state index in [1.807, 2.05) is 24.5 Å². The molecule has 0 saturated heterocycles. The maximum absolute atomic E-state index is 5.01. The van der Waals surface area contributed by atoms with Crippen molar-refractivity contribution in [2.45, 2.75) is 0 Å². The zero-order valence-corrected chi connectivity index (χ0v) is 27.1. The highest BCUT2D eigenvalue weighted by atomic mass is 15.0. The molecule has 0 aliphatic heterocycles. The molecule has 0 radical (unpaired) electrons. The summed E-state index contributed by atoms with van der Waals surface area (Å²) < 4.78 is 0. The summed E-state index contributed by atoms with van der Waals surface area (Å²) in [5, 5.41) is 4.75. The van der Waals surface area contributed by atoms with E-state index in [1.54, 1.807) is 0 Å². The van der Waals surface area contributed by atoms with Crippen LogP contribution in [0.1, 0.15) is 0 Å². The Balaban J connectivity index is 1.09. The number of nitrogens with zero attached hydrogens (tertiary/aromatic N) is 4. The second-order valence-corrected chi connectivity index (χ2v) is 12.4. The first kappa shape index (κ1) is 29.4. The van der Waals surface area contributed by atoms with Gasteiger partial charge in [-0.25, -0.2) is 15.0 Å². The SMILES string of the molecule is c1ccc(-c2ccc(-c3nc(-c4ccc(-c5ccccc5)cc4)nc(-c4ccc(-c5ccc6c(ccc7ccncc76)c5)cc4)n3)cc2)cc1. The third-order valence-corrected chi connectivity index (χ3v) is 9.25. The number of hydrogen-bond donors (Lipinski definition) is 0. The van der Waals surface area contributed by atoms with Gasteiger partial charge in [0.1, 0.15) is 0 Å². The van der Waals surface area contributed by atoms with Crippen molar-refractivity contribution < 1.29 is 0 Å². The van der Waals surface area contributed by atoms with Crippen LogP contribution in [0, 0.1) is 0 Å². The van der Waals surface area contributed by atoms with Crippen molar-refractivity contribution in [3.05, 3.63) is 182 Å². The predicted molar refractivity (Wildman–Crippen MR) is 205 cm³/mol. The Morgan fingerprint density at radius 3 is 1.18 bits per heavy atom. The van der Waals surface area contributed by atoms with Crippen LogP contribution >= 0.6 is 0 Å². The molecule has 2 aromatic heterocycles. The molecule has 0 fully saturated rings. The van der Waals surface area contributed by atoms with Crippen molar-refractivity contribution in [1.82, 2.24) is 19.9 Å². The van der Waals surface area contributed by atoms with Gasteiger partial charge in [0.2, 0.25) is 0 Å². The Bertz CT molecular complexity index is 2500. The van der Waals surface area contributed by atoms with Crippen LogP contribution < -0.4 is 0 Å². The van der Waals surface area contributed by atoms with Crippen LogP contribution in [-0.2, 0) is 0 Å². The average Bonchev–Trinajstić information content (AvgIpc) is 3.21. The van der Waals surface area contributed by atoms with Gasteiger partial charge in [-0.2, -0.15) is 0 Å². The van der Waals surface area contributed by atoms with Gasteiger partial charge in [0.25, 0.3) is 0 Å². The molecule has 4 nitrogen and oxygen atoms in total. The molecule has 0 saturated carbocycles. The van der Waals surface area contributed by atoms with Crippen LogP contribution in [0.2, 0.25) is 0 Å². The molecule has 0 spiro atoms. The van der Waals surface area contributed by atoms with Gasteiger partial charge < -0.3 is 0 Å². The Hall–Kier alpha value is -6.78. The third kappa shape index (κ3) is 5.69. The first-order chi connectivity index (χ1) is 24.7. The first-order valence-electron chi connectivity index (χ1n) is 16.7. The van der Waals surface area contributed by atoms with E-state index in [0.717, 1.165) is 44.3 Å². The van der Waals surface area contributed by atoms with E-state index in [2.05, 4.69) is 163 Å². The molecule has 9 aromatic rings. The molecule has 9 rings (SSSR count). The van der Waals surface area contributed by atoms with Crippen LogP contribution in [0.5, 0.6) is 0 Å². The van der Waals surface area contributed by atoms with Crippen molar-refractivity contribution in [3.8, 4) is 67.5 Å². The summed E-state index contributed by atoms with van der Waals surface area (Å²) in [6, 6.07) is 59.1. The van der Waals surface area contributed by atoms with E-state index < -0.39 is 0 Å². The number of pyridine rings is 1. The molecule has 0 unspecified atom stereocenters. The summed E-state index contributed by atoms with van der Waals surface area (Å²) in [7, 11) is 0. The second-order valence-electron chi connectivity index (χ2n) is 12.4. The second kappa shape index (κ2) is 12.7. The van der Waals surface area contributed by atoms with Crippen LogP contribution in [-0.4, -0.2) is 19.9 Å². The van der Waals surface area contributed by atoms with Crippen molar-refractivity contribution in [2.75, 3.05) is 0 Å². The highest BCUT2D eigenvalue weighted by Gasteiger charge is 2.14. The van der Waals surface area contributed by atoms with E-state index in [0.29, 0.717) is 17.5 Å². The fraction of sp³-hybridized carbons (Fsp3) is 0. The molecule has 7 aromatic carbocycles. The minimum atomic E-state index is 0.633. The lowest BCUT2D eigenvalue weighted by molar-refractivity contribution is 1.07. The average molecular weight is 639 g/mol. The van der Waals surface area contributed by atoms with Gasteiger partial charge in [0.15, 0.2) is 17.5 Å². The highest BCUT2D eigenvalue weighted by molar-refractivity contribution is 6.08. The Labute approximate surface area is 290 Å². The molecule has 50 heavy (non-hydrogen) atoms. The fourth-order valence-electron chi connectivity index (χ4n) is 6.54. The maximum atomic E-state index is 5.01. The molecule has 2 heterocycles. The number of fused-ring (bicyclic) bond motifs is 3. The third-order valence-electron chi connectivity index (χ3n) is 9.25. The van der Waals surface area contributed by atoms with Crippen molar-refractivity contribution >= 4 is 21.5 Å². The molecule has 0 amide bonds. The number of aromatic nitrogens is 4. The lowest BCUT2D eigenvalue weighted by atomic mass is 9.97. The zero-order chi connectivity index (χ0) is 33.3. The number of rotatable bonds is 6. The molecule has 0 aliphatic carbocycles. The van der Waals surface area contributed by atoms with Crippen LogP contribution in [0.3, 0.4) is 0 Å². The van der Waals surface area contributed by atoms with Crippen molar-refractivity contribution in [3.63, 3.8) is 0 Å². The molecular weight excluding hydrogens is 609 g/mol. The lowest BCUT2D eigenvalue weighted by Crippen LogP contribution is -2.00. The monoisotopic (exact) mass is 638 g/mol. The minimum Gasteiger partial charge on any atom is -0.264 e. The summed E-state index contributed by atoms with van der Waals surface area (Å²) in [5.74, 6) is 1.91. The molecular formula is C46H30N4. The van der Waals surface area contributed by atoms with Crippen molar-refractivity contribution in [1.29, 1.82) is 0 Å².